The van der Waals surface area contributed by atoms with Gasteiger partial charge in [0.1, 0.15) is 11.3 Å². The van der Waals surface area contributed by atoms with Crippen LogP contribution in [0, 0.1) is 0 Å². The van der Waals surface area contributed by atoms with Crippen molar-refractivity contribution < 1.29 is 28.3 Å². The van der Waals surface area contributed by atoms with E-state index in [4.69, 9.17) is 19.6 Å². The molecule has 1 aromatic heterocycles. The van der Waals surface area contributed by atoms with Gasteiger partial charge in [-0.25, -0.2) is 14.4 Å². The molecule has 0 spiro atoms. The van der Waals surface area contributed by atoms with Gasteiger partial charge in [0.15, 0.2) is 12.7 Å². The van der Waals surface area contributed by atoms with Gasteiger partial charge in [-0.15, -0.1) is 0 Å². The van der Waals surface area contributed by atoms with E-state index >= 15 is 0 Å². The molecule has 0 bridgehead atoms. The molecule has 142 valence electrons. The van der Waals surface area contributed by atoms with Crippen molar-refractivity contribution in [2.24, 2.45) is 5.73 Å². The molecule has 0 fully saturated rings. The molecule has 0 radical (unpaired) electrons. The first-order chi connectivity index (χ1) is 12.8. The number of hydrogen-bond acceptors (Lipinski definition) is 7. The van der Waals surface area contributed by atoms with Crippen molar-refractivity contribution in [3.8, 4) is 5.75 Å². The van der Waals surface area contributed by atoms with E-state index in [0.29, 0.717) is 11.3 Å². The summed E-state index contributed by atoms with van der Waals surface area (Å²) < 4.78 is 15.5. The third kappa shape index (κ3) is 4.08. The Labute approximate surface area is 153 Å². The minimum Gasteiger partial charge on any atom is -0.482 e. The molecule has 3 N–H and O–H groups in total. The van der Waals surface area contributed by atoms with E-state index in [1.807, 2.05) is 5.32 Å². The maximum atomic E-state index is 12.0. The molecule has 1 aliphatic carbocycles. The van der Waals surface area contributed by atoms with Crippen molar-refractivity contribution in [2.45, 2.75) is 32.3 Å². The van der Waals surface area contributed by atoms with Gasteiger partial charge in [0.25, 0.3) is 5.91 Å². The summed E-state index contributed by atoms with van der Waals surface area (Å²) in [5.74, 6) is -1.33. The molecular formula is C18H18N2O7. The van der Waals surface area contributed by atoms with Crippen molar-refractivity contribution in [3.05, 3.63) is 39.7 Å². The van der Waals surface area contributed by atoms with Crippen LogP contribution in [0.4, 0.5) is 4.79 Å². The number of primary amides is 1. The molecular weight excluding hydrogens is 356 g/mol. The Morgan fingerprint density at radius 2 is 2.00 bits per heavy atom. The zero-order chi connectivity index (χ0) is 19.6. The second kappa shape index (κ2) is 7.48. The molecule has 1 atom stereocenters. The second-order valence-corrected chi connectivity index (χ2v) is 6.13. The van der Waals surface area contributed by atoms with Gasteiger partial charge in [-0.3, -0.25) is 10.1 Å². The quantitative estimate of drug-likeness (QED) is 0.583. The highest BCUT2D eigenvalue weighted by molar-refractivity contribution is 5.96. The fourth-order valence-electron chi connectivity index (χ4n) is 3.00. The van der Waals surface area contributed by atoms with Crippen LogP contribution in [0.3, 0.4) is 0 Å². The van der Waals surface area contributed by atoms with Gasteiger partial charge in [0, 0.05) is 17.0 Å². The zero-order valence-electron chi connectivity index (χ0n) is 14.6. The standard InChI is InChI=1S/C18H18N2O7/c1-9(16(22)20-18(19)24)26-15(21)8-25-10-5-6-12-11-3-2-4-13(11)17(23)27-14(12)7-10/h5-7,9H,2-4,8H2,1H3,(H3,19,20,22,24). The van der Waals surface area contributed by atoms with E-state index in [1.54, 1.807) is 12.1 Å². The van der Waals surface area contributed by atoms with E-state index in [0.717, 1.165) is 35.8 Å². The molecule has 2 aromatic rings. The van der Waals surface area contributed by atoms with E-state index < -0.39 is 30.6 Å². The van der Waals surface area contributed by atoms with Gasteiger partial charge < -0.3 is 19.6 Å². The van der Waals surface area contributed by atoms with Gasteiger partial charge in [-0.1, -0.05) is 0 Å². The van der Waals surface area contributed by atoms with Crippen LogP contribution in [-0.4, -0.2) is 30.6 Å². The first-order valence-corrected chi connectivity index (χ1v) is 8.36. The lowest BCUT2D eigenvalue weighted by Gasteiger charge is -2.12. The SMILES string of the molecule is CC(OC(=O)COc1ccc2c3c(c(=O)oc2c1)CCC3)C(=O)NC(N)=O. The van der Waals surface area contributed by atoms with Crippen molar-refractivity contribution in [1.82, 2.24) is 5.32 Å². The molecule has 3 amide bonds. The Bertz CT molecular complexity index is 980. The number of rotatable bonds is 5. The Morgan fingerprint density at radius 1 is 1.26 bits per heavy atom. The minimum atomic E-state index is -1.20. The second-order valence-electron chi connectivity index (χ2n) is 6.13. The fourth-order valence-corrected chi connectivity index (χ4v) is 3.00. The summed E-state index contributed by atoms with van der Waals surface area (Å²) >= 11 is 0. The third-order valence-corrected chi connectivity index (χ3v) is 4.23. The maximum absolute atomic E-state index is 12.0. The number of ether oxygens (including phenoxy) is 2. The number of fused-ring (bicyclic) bond motifs is 3. The molecule has 3 rings (SSSR count). The number of benzene rings is 1. The smallest absolute Gasteiger partial charge is 0.344 e. The summed E-state index contributed by atoms with van der Waals surface area (Å²) in [7, 11) is 0. The molecule has 0 aliphatic heterocycles. The molecule has 27 heavy (non-hydrogen) atoms. The summed E-state index contributed by atoms with van der Waals surface area (Å²) in [5, 5.41) is 2.66. The Hall–Kier alpha value is -3.36. The van der Waals surface area contributed by atoms with Crippen molar-refractivity contribution in [2.75, 3.05) is 6.61 Å². The highest BCUT2D eigenvalue weighted by Gasteiger charge is 2.21. The molecule has 1 aromatic carbocycles. The highest BCUT2D eigenvalue weighted by atomic mass is 16.6. The zero-order valence-corrected chi connectivity index (χ0v) is 14.6. The molecule has 1 heterocycles. The van der Waals surface area contributed by atoms with Crippen LogP contribution in [0.1, 0.15) is 24.5 Å². The average Bonchev–Trinajstić information content (AvgIpc) is 3.09. The number of imide groups is 1. The third-order valence-electron chi connectivity index (χ3n) is 4.23. The molecule has 0 saturated heterocycles. The number of carbonyl (C=O) groups excluding carboxylic acids is 3. The minimum absolute atomic E-state index is 0.315. The van der Waals surface area contributed by atoms with Crippen LogP contribution in [0.5, 0.6) is 5.75 Å². The number of aryl methyl sites for hydroxylation is 1. The predicted octanol–water partition coefficient (Wildman–Crippen LogP) is 0.787. The topological polar surface area (TPSA) is 138 Å². The number of hydrogen-bond donors (Lipinski definition) is 2. The van der Waals surface area contributed by atoms with Crippen LogP contribution in [0.25, 0.3) is 11.0 Å². The lowest BCUT2D eigenvalue weighted by molar-refractivity contribution is -0.156. The van der Waals surface area contributed by atoms with E-state index in [9.17, 15) is 19.2 Å². The van der Waals surface area contributed by atoms with Crippen molar-refractivity contribution in [3.63, 3.8) is 0 Å². The van der Waals surface area contributed by atoms with Crippen LogP contribution in [0.2, 0.25) is 0 Å². The van der Waals surface area contributed by atoms with Gasteiger partial charge in [0.2, 0.25) is 0 Å². The largest absolute Gasteiger partial charge is 0.482 e. The Balaban J connectivity index is 1.64. The number of urea groups is 1. The Morgan fingerprint density at radius 3 is 2.74 bits per heavy atom. The lowest BCUT2D eigenvalue weighted by Crippen LogP contribution is -2.42. The van der Waals surface area contributed by atoms with Crippen molar-refractivity contribution >= 4 is 28.9 Å². The number of nitrogens with two attached hydrogens (primary N) is 1. The number of nitrogens with one attached hydrogen (secondary N) is 1. The monoisotopic (exact) mass is 374 g/mol. The van der Waals surface area contributed by atoms with E-state index in [1.165, 1.54) is 13.0 Å². The fraction of sp³-hybridized carbons (Fsp3) is 0.333. The van der Waals surface area contributed by atoms with Gasteiger partial charge in [0.05, 0.1) is 0 Å². The number of amides is 3. The lowest BCUT2D eigenvalue weighted by atomic mass is 10.1. The molecule has 9 nitrogen and oxygen atoms in total. The summed E-state index contributed by atoms with van der Waals surface area (Å²) in [6, 6.07) is 3.94. The van der Waals surface area contributed by atoms with Crippen LogP contribution < -0.4 is 21.4 Å². The summed E-state index contributed by atoms with van der Waals surface area (Å²) in [6.45, 7) is 0.830. The first kappa shape index (κ1) is 18.4. The summed E-state index contributed by atoms with van der Waals surface area (Å²) in [4.78, 5) is 45.9. The van der Waals surface area contributed by atoms with Gasteiger partial charge >= 0.3 is 17.6 Å². The van der Waals surface area contributed by atoms with E-state index in [2.05, 4.69) is 0 Å². The number of carbonyl (C=O) groups is 3. The normalized spacial score (nSPS) is 13.7. The first-order valence-electron chi connectivity index (χ1n) is 8.36. The maximum Gasteiger partial charge on any atom is 0.344 e. The Kier molecular flexibility index (Phi) is 5.11. The van der Waals surface area contributed by atoms with Crippen LogP contribution in [-0.2, 0) is 27.2 Å². The van der Waals surface area contributed by atoms with E-state index in [-0.39, 0.29) is 5.63 Å². The molecule has 9 heteroatoms. The molecule has 1 aliphatic rings. The van der Waals surface area contributed by atoms with Gasteiger partial charge in [-0.2, -0.15) is 0 Å². The van der Waals surface area contributed by atoms with Crippen LogP contribution >= 0.6 is 0 Å². The predicted molar refractivity (Wildman–Crippen MR) is 93.3 cm³/mol. The van der Waals surface area contributed by atoms with Crippen molar-refractivity contribution in [1.29, 1.82) is 0 Å². The summed E-state index contributed by atoms with van der Waals surface area (Å²) in [6.07, 6.45) is 1.27. The molecule has 0 saturated carbocycles. The van der Waals surface area contributed by atoms with Crippen LogP contribution in [0.15, 0.2) is 27.4 Å². The number of esters is 1. The molecule has 1 unspecified atom stereocenters. The highest BCUT2D eigenvalue weighted by Crippen LogP contribution is 2.29. The average molecular weight is 374 g/mol. The van der Waals surface area contributed by atoms with Gasteiger partial charge in [-0.05, 0) is 43.9 Å². The summed E-state index contributed by atoms with van der Waals surface area (Å²) in [5.41, 5.74) is 6.59.